The van der Waals surface area contributed by atoms with Gasteiger partial charge in [-0.1, -0.05) is 42.5 Å². The van der Waals surface area contributed by atoms with E-state index in [1.165, 1.54) is 5.56 Å². The van der Waals surface area contributed by atoms with Gasteiger partial charge in [0.25, 0.3) is 5.91 Å². The lowest BCUT2D eigenvalue weighted by atomic mass is 10.0. The van der Waals surface area contributed by atoms with Crippen molar-refractivity contribution in [1.82, 2.24) is 14.9 Å². The number of aromatic amines is 1. The number of aryl methyl sites for hydroxylation is 1. The van der Waals surface area contributed by atoms with E-state index >= 15 is 0 Å². The van der Waals surface area contributed by atoms with E-state index in [9.17, 15) is 4.79 Å². The first-order chi connectivity index (χ1) is 13.8. The van der Waals surface area contributed by atoms with Gasteiger partial charge in [-0.3, -0.25) is 4.79 Å². The normalized spacial score (nSPS) is 16.9. The van der Waals surface area contributed by atoms with E-state index in [0.29, 0.717) is 25.3 Å². The topological polar surface area (TPSA) is 58.2 Å². The predicted molar refractivity (Wildman–Crippen MR) is 109 cm³/mol. The molecule has 0 spiro atoms. The fourth-order valence-corrected chi connectivity index (χ4v) is 3.66. The van der Waals surface area contributed by atoms with Crippen LogP contribution in [0.25, 0.3) is 11.4 Å². The van der Waals surface area contributed by atoms with Crippen LogP contribution in [0.1, 0.15) is 28.8 Å². The summed E-state index contributed by atoms with van der Waals surface area (Å²) in [5.74, 6) is 0.834. The number of carbonyl (C=O) groups excluding carboxylic acids is 1. The van der Waals surface area contributed by atoms with Crippen molar-refractivity contribution in [3.63, 3.8) is 0 Å². The fourth-order valence-electron chi connectivity index (χ4n) is 3.66. The Hall–Kier alpha value is -2.92. The van der Waals surface area contributed by atoms with E-state index in [1.807, 2.05) is 35.2 Å². The van der Waals surface area contributed by atoms with Crippen molar-refractivity contribution >= 4 is 5.91 Å². The number of imidazole rings is 1. The number of carbonyl (C=O) groups is 1. The van der Waals surface area contributed by atoms with E-state index in [4.69, 9.17) is 4.74 Å². The van der Waals surface area contributed by atoms with Crippen LogP contribution in [0.5, 0.6) is 0 Å². The molecule has 144 valence electrons. The van der Waals surface area contributed by atoms with Crippen LogP contribution in [0.3, 0.4) is 0 Å². The number of hydrogen-bond acceptors (Lipinski definition) is 3. The van der Waals surface area contributed by atoms with Gasteiger partial charge in [-0.2, -0.15) is 0 Å². The van der Waals surface area contributed by atoms with Gasteiger partial charge < -0.3 is 14.6 Å². The van der Waals surface area contributed by atoms with E-state index in [0.717, 1.165) is 30.7 Å². The molecule has 5 nitrogen and oxygen atoms in total. The van der Waals surface area contributed by atoms with E-state index in [2.05, 4.69) is 34.2 Å². The first-order valence-corrected chi connectivity index (χ1v) is 9.84. The second-order valence-corrected chi connectivity index (χ2v) is 7.14. The predicted octanol–water partition coefficient (Wildman–Crippen LogP) is 3.94. The second kappa shape index (κ2) is 8.85. The van der Waals surface area contributed by atoms with Gasteiger partial charge in [-0.15, -0.1) is 0 Å². The van der Waals surface area contributed by atoms with Gasteiger partial charge in [0.2, 0.25) is 0 Å². The van der Waals surface area contributed by atoms with Gasteiger partial charge in [0.05, 0.1) is 12.7 Å². The van der Waals surface area contributed by atoms with Crippen molar-refractivity contribution in [2.75, 3.05) is 19.7 Å². The monoisotopic (exact) mass is 375 g/mol. The van der Waals surface area contributed by atoms with Gasteiger partial charge in [-0.25, -0.2) is 4.98 Å². The van der Waals surface area contributed by atoms with Gasteiger partial charge in [0, 0.05) is 36.6 Å². The molecule has 1 amide bonds. The van der Waals surface area contributed by atoms with Crippen molar-refractivity contribution in [2.24, 2.45) is 0 Å². The molecule has 0 saturated carbocycles. The first-order valence-electron chi connectivity index (χ1n) is 9.84. The summed E-state index contributed by atoms with van der Waals surface area (Å²) >= 11 is 0. The lowest BCUT2D eigenvalue weighted by Crippen LogP contribution is -2.45. The molecule has 0 radical (unpaired) electrons. The maximum atomic E-state index is 13.0. The Labute approximate surface area is 165 Å². The Bertz CT molecular complexity index is 893. The molecule has 1 aromatic heterocycles. The Morgan fingerprint density at radius 3 is 2.89 bits per heavy atom. The summed E-state index contributed by atoms with van der Waals surface area (Å²) in [6.45, 7) is 1.89. The summed E-state index contributed by atoms with van der Waals surface area (Å²) in [5, 5.41) is 0. The summed E-state index contributed by atoms with van der Waals surface area (Å²) in [4.78, 5) is 22.3. The summed E-state index contributed by atoms with van der Waals surface area (Å²) in [6.07, 6.45) is 6.67. The molecule has 1 unspecified atom stereocenters. The SMILES string of the molecule is O=C(c1cccc(-c2ncc[nH]2)c1)N1CCOC(CCCc2ccccc2)C1. The number of morpholine rings is 1. The zero-order chi connectivity index (χ0) is 19.2. The highest BCUT2D eigenvalue weighted by Gasteiger charge is 2.25. The molecule has 1 N–H and O–H groups in total. The third-order valence-electron chi connectivity index (χ3n) is 5.14. The smallest absolute Gasteiger partial charge is 0.254 e. The van der Waals surface area contributed by atoms with Crippen molar-refractivity contribution in [2.45, 2.75) is 25.4 Å². The van der Waals surface area contributed by atoms with Crippen molar-refractivity contribution in [3.8, 4) is 11.4 Å². The van der Waals surface area contributed by atoms with Gasteiger partial charge in [0.15, 0.2) is 0 Å². The Morgan fingerprint density at radius 2 is 2.07 bits per heavy atom. The number of rotatable bonds is 6. The zero-order valence-electron chi connectivity index (χ0n) is 15.9. The molecule has 2 aromatic carbocycles. The highest BCUT2D eigenvalue weighted by Crippen LogP contribution is 2.19. The van der Waals surface area contributed by atoms with Crippen LogP contribution in [0, 0.1) is 0 Å². The number of aromatic nitrogens is 2. The fraction of sp³-hybridized carbons (Fsp3) is 0.304. The third kappa shape index (κ3) is 4.49. The number of ether oxygens (including phenoxy) is 1. The van der Waals surface area contributed by atoms with Crippen LogP contribution in [0.2, 0.25) is 0 Å². The van der Waals surface area contributed by atoms with Crippen LogP contribution < -0.4 is 0 Å². The van der Waals surface area contributed by atoms with Crippen LogP contribution in [0.15, 0.2) is 67.0 Å². The van der Waals surface area contributed by atoms with Gasteiger partial charge in [0.1, 0.15) is 5.82 Å². The van der Waals surface area contributed by atoms with Crippen LogP contribution >= 0.6 is 0 Å². The summed E-state index contributed by atoms with van der Waals surface area (Å²) in [6, 6.07) is 18.1. The average molecular weight is 375 g/mol. The molecule has 2 heterocycles. The standard InChI is InChI=1S/C23H25N3O2/c27-23(20-10-5-9-19(16-20)22-24-12-13-25-22)26-14-15-28-21(17-26)11-4-8-18-6-2-1-3-7-18/h1-3,5-7,9-10,12-13,16,21H,4,8,11,14-15,17H2,(H,24,25). The maximum Gasteiger partial charge on any atom is 0.254 e. The maximum absolute atomic E-state index is 13.0. The van der Waals surface area contributed by atoms with Crippen molar-refractivity contribution in [1.29, 1.82) is 0 Å². The molecule has 0 aliphatic carbocycles. The minimum atomic E-state index is 0.0600. The summed E-state index contributed by atoms with van der Waals surface area (Å²) in [7, 11) is 0. The number of nitrogens with one attached hydrogen (secondary N) is 1. The summed E-state index contributed by atoms with van der Waals surface area (Å²) < 4.78 is 5.91. The molecular weight excluding hydrogens is 350 g/mol. The lowest BCUT2D eigenvalue weighted by molar-refractivity contribution is -0.0255. The van der Waals surface area contributed by atoms with Crippen molar-refractivity contribution in [3.05, 3.63) is 78.1 Å². The Balaban J connectivity index is 1.35. The molecular formula is C23H25N3O2. The average Bonchev–Trinajstić information content (AvgIpc) is 3.29. The first kappa shape index (κ1) is 18.4. The largest absolute Gasteiger partial charge is 0.375 e. The number of benzene rings is 2. The number of H-pyrrole nitrogens is 1. The van der Waals surface area contributed by atoms with Crippen LogP contribution in [-0.4, -0.2) is 46.6 Å². The molecule has 5 heteroatoms. The molecule has 1 aliphatic heterocycles. The molecule has 3 aromatic rings. The molecule has 1 aliphatic rings. The lowest BCUT2D eigenvalue weighted by Gasteiger charge is -2.33. The molecule has 0 bridgehead atoms. The van der Waals surface area contributed by atoms with Gasteiger partial charge >= 0.3 is 0 Å². The van der Waals surface area contributed by atoms with Gasteiger partial charge in [-0.05, 0) is 37.0 Å². The Morgan fingerprint density at radius 1 is 1.18 bits per heavy atom. The minimum Gasteiger partial charge on any atom is -0.375 e. The minimum absolute atomic E-state index is 0.0600. The number of hydrogen-bond donors (Lipinski definition) is 1. The number of nitrogens with zero attached hydrogens (tertiary/aromatic N) is 2. The molecule has 1 saturated heterocycles. The number of amides is 1. The highest BCUT2D eigenvalue weighted by molar-refractivity contribution is 5.95. The van der Waals surface area contributed by atoms with Crippen LogP contribution in [-0.2, 0) is 11.2 Å². The second-order valence-electron chi connectivity index (χ2n) is 7.14. The Kier molecular flexibility index (Phi) is 5.83. The molecule has 28 heavy (non-hydrogen) atoms. The zero-order valence-corrected chi connectivity index (χ0v) is 15.9. The quantitative estimate of drug-likeness (QED) is 0.710. The summed E-state index contributed by atoms with van der Waals surface area (Å²) in [5.41, 5.74) is 2.96. The molecule has 1 fully saturated rings. The van der Waals surface area contributed by atoms with E-state index in [1.54, 1.807) is 12.4 Å². The molecule has 1 atom stereocenters. The van der Waals surface area contributed by atoms with E-state index in [-0.39, 0.29) is 12.0 Å². The highest BCUT2D eigenvalue weighted by atomic mass is 16.5. The third-order valence-corrected chi connectivity index (χ3v) is 5.14. The van der Waals surface area contributed by atoms with E-state index < -0.39 is 0 Å². The van der Waals surface area contributed by atoms with Crippen LogP contribution in [0.4, 0.5) is 0 Å². The van der Waals surface area contributed by atoms with Crippen molar-refractivity contribution < 1.29 is 9.53 Å². The molecule has 4 rings (SSSR count).